The Kier molecular flexibility index (Phi) is 2.80. The largest absolute Gasteiger partial charge is 0.425 e. The number of nitrogens with one attached hydrogen (secondary N) is 1. The molecular weight excluding hydrogens is 298 g/mol. The van der Waals surface area contributed by atoms with Crippen LogP contribution in [-0.4, -0.2) is 15.7 Å². The van der Waals surface area contributed by atoms with E-state index in [2.05, 4.69) is 10.4 Å². The van der Waals surface area contributed by atoms with Crippen LogP contribution < -0.4 is 10.7 Å². The van der Waals surface area contributed by atoms with Gasteiger partial charge in [0.1, 0.15) is 11.0 Å². The van der Waals surface area contributed by atoms with Crippen LogP contribution in [0, 0.1) is 0 Å². The molecule has 0 saturated heterocycles. The summed E-state index contributed by atoms with van der Waals surface area (Å²) in [5.41, 5.74) is 0.715. The Bertz CT molecular complexity index is 1100. The van der Waals surface area contributed by atoms with E-state index in [4.69, 9.17) is 8.83 Å². The topological polar surface area (TPSA) is 90.3 Å². The van der Waals surface area contributed by atoms with Gasteiger partial charge in [-0.25, -0.2) is 0 Å². The molecule has 1 amide bonds. The molecule has 7 heteroatoms. The maximum absolute atomic E-state index is 12.4. The number of fused-ring (bicyclic) bond motifs is 2. The molecule has 0 saturated carbocycles. The van der Waals surface area contributed by atoms with Crippen LogP contribution in [0.15, 0.2) is 56.4 Å². The molecule has 0 aliphatic carbocycles. The van der Waals surface area contributed by atoms with Crippen LogP contribution in [-0.2, 0) is 7.05 Å². The molecule has 0 bridgehead atoms. The van der Waals surface area contributed by atoms with Crippen LogP contribution in [0.5, 0.6) is 0 Å². The highest BCUT2D eigenvalue weighted by molar-refractivity contribution is 6.04. The number of hydrogen-bond donors (Lipinski definition) is 1. The van der Waals surface area contributed by atoms with Gasteiger partial charge in [0, 0.05) is 19.3 Å². The fourth-order valence-corrected chi connectivity index (χ4v) is 2.39. The number of carbonyl (C=O) groups excluding carboxylic acids is 1. The minimum absolute atomic E-state index is 0.00000850. The molecule has 3 heterocycles. The second-order valence-electron chi connectivity index (χ2n) is 5.10. The molecule has 0 aliphatic heterocycles. The van der Waals surface area contributed by atoms with Crippen molar-refractivity contribution in [3.63, 3.8) is 0 Å². The van der Waals surface area contributed by atoms with Crippen molar-refractivity contribution >= 4 is 33.7 Å². The average molecular weight is 309 g/mol. The van der Waals surface area contributed by atoms with Gasteiger partial charge in [0.25, 0.3) is 5.91 Å². The highest BCUT2D eigenvalue weighted by Crippen LogP contribution is 2.22. The van der Waals surface area contributed by atoms with Crippen LogP contribution in [0.3, 0.4) is 0 Å². The van der Waals surface area contributed by atoms with Gasteiger partial charge in [-0.05, 0) is 12.1 Å². The number of rotatable bonds is 2. The first kappa shape index (κ1) is 13.3. The highest BCUT2D eigenvalue weighted by Gasteiger charge is 2.18. The lowest BCUT2D eigenvalue weighted by Gasteiger charge is -1.97. The Morgan fingerprint density at radius 1 is 1.22 bits per heavy atom. The van der Waals surface area contributed by atoms with Crippen LogP contribution in [0.2, 0.25) is 0 Å². The molecule has 0 spiro atoms. The molecule has 0 unspecified atom stereocenters. The van der Waals surface area contributed by atoms with Crippen LogP contribution in [0.25, 0.3) is 22.1 Å². The van der Waals surface area contributed by atoms with Crippen LogP contribution in [0.4, 0.5) is 5.69 Å². The lowest BCUT2D eigenvalue weighted by atomic mass is 10.2. The Labute approximate surface area is 129 Å². The number of hydrogen-bond acceptors (Lipinski definition) is 5. The molecule has 3 aromatic heterocycles. The van der Waals surface area contributed by atoms with Gasteiger partial charge < -0.3 is 14.2 Å². The lowest BCUT2D eigenvalue weighted by Crippen LogP contribution is -2.10. The fraction of sp³-hybridized carbons (Fsp3) is 0.0625. The average Bonchev–Trinajstić information content (AvgIpc) is 3.14. The van der Waals surface area contributed by atoms with Gasteiger partial charge in [-0.1, -0.05) is 12.1 Å². The van der Waals surface area contributed by atoms with E-state index in [0.29, 0.717) is 16.7 Å². The molecule has 1 aromatic carbocycles. The Morgan fingerprint density at radius 3 is 2.83 bits per heavy atom. The molecule has 0 radical (unpaired) electrons. The van der Waals surface area contributed by atoms with Crippen molar-refractivity contribution in [1.29, 1.82) is 0 Å². The molecule has 4 aromatic rings. The monoisotopic (exact) mass is 309 g/mol. The molecule has 114 valence electrons. The summed E-state index contributed by atoms with van der Waals surface area (Å²) in [4.78, 5) is 24.6. The van der Waals surface area contributed by atoms with Crippen molar-refractivity contribution in [2.75, 3.05) is 5.32 Å². The summed E-state index contributed by atoms with van der Waals surface area (Å²) in [6.07, 6.45) is 3.16. The highest BCUT2D eigenvalue weighted by atomic mass is 16.5. The van der Waals surface area contributed by atoms with Gasteiger partial charge in [-0.2, -0.15) is 5.10 Å². The van der Waals surface area contributed by atoms with E-state index in [9.17, 15) is 9.59 Å². The van der Waals surface area contributed by atoms with Crippen molar-refractivity contribution in [1.82, 2.24) is 9.78 Å². The predicted molar refractivity (Wildman–Crippen MR) is 83.4 cm³/mol. The summed E-state index contributed by atoms with van der Waals surface area (Å²) in [5, 5.41) is 7.28. The van der Waals surface area contributed by atoms with E-state index >= 15 is 0 Å². The number of aryl methyl sites for hydroxylation is 1. The van der Waals surface area contributed by atoms with Gasteiger partial charge in [0.15, 0.2) is 5.76 Å². The van der Waals surface area contributed by atoms with Gasteiger partial charge >= 0.3 is 5.78 Å². The molecule has 1 N–H and O–H groups in total. The van der Waals surface area contributed by atoms with E-state index in [1.165, 1.54) is 12.3 Å². The summed E-state index contributed by atoms with van der Waals surface area (Å²) in [6.45, 7) is 0. The molecule has 0 aliphatic rings. The quantitative estimate of drug-likeness (QED) is 0.614. The first-order valence-corrected chi connectivity index (χ1v) is 6.87. The third-order valence-corrected chi connectivity index (χ3v) is 3.46. The van der Waals surface area contributed by atoms with Crippen LogP contribution >= 0.6 is 0 Å². The molecule has 4 rings (SSSR count). The summed E-state index contributed by atoms with van der Waals surface area (Å²) in [7, 11) is 1.74. The van der Waals surface area contributed by atoms with Gasteiger partial charge in [-0.15, -0.1) is 0 Å². The maximum atomic E-state index is 12.4. The number of nitrogens with zero attached hydrogens (tertiary/aromatic N) is 2. The molecule has 0 atom stereocenters. The van der Waals surface area contributed by atoms with Crippen molar-refractivity contribution in [2.24, 2.45) is 7.05 Å². The number of benzene rings is 1. The fourth-order valence-electron chi connectivity index (χ4n) is 2.39. The third kappa shape index (κ3) is 2.18. The first-order chi connectivity index (χ1) is 11.1. The summed E-state index contributed by atoms with van der Waals surface area (Å²) in [6, 6.07) is 8.24. The number of aromatic nitrogens is 2. The Balaban J connectivity index is 1.79. The van der Waals surface area contributed by atoms with Crippen LogP contribution in [0.1, 0.15) is 10.6 Å². The second kappa shape index (κ2) is 4.84. The summed E-state index contributed by atoms with van der Waals surface area (Å²) >= 11 is 0. The number of amides is 1. The van der Waals surface area contributed by atoms with Crippen molar-refractivity contribution < 1.29 is 13.6 Å². The standard InChI is InChI=1S/C16H11N3O4/c1-19-8-9(7-17-19)18-15(21)13-6-11-14(20)10-4-2-3-5-12(10)22-16(11)23-13/h2-8H,1H3,(H,18,21). The molecular formula is C16H11N3O4. The van der Waals surface area contributed by atoms with Crippen molar-refractivity contribution in [3.8, 4) is 0 Å². The van der Waals surface area contributed by atoms with E-state index in [-0.39, 0.29) is 22.4 Å². The third-order valence-electron chi connectivity index (χ3n) is 3.46. The Morgan fingerprint density at radius 2 is 2.04 bits per heavy atom. The van der Waals surface area contributed by atoms with Crippen molar-refractivity contribution in [2.45, 2.75) is 0 Å². The SMILES string of the molecule is Cn1cc(NC(=O)c2cc3c(=O)c4ccccc4oc3o2)cn1. The van der Waals surface area contributed by atoms with E-state index in [1.807, 2.05) is 0 Å². The normalized spacial score (nSPS) is 11.2. The number of anilines is 1. The minimum atomic E-state index is -0.479. The second-order valence-corrected chi connectivity index (χ2v) is 5.10. The van der Waals surface area contributed by atoms with E-state index in [1.54, 1.807) is 42.2 Å². The molecule has 23 heavy (non-hydrogen) atoms. The predicted octanol–water partition coefficient (Wildman–Crippen LogP) is 2.53. The zero-order valence-corrected chi connectivity index (χ0v) is 12.1. The number of carbonyl (C=O) groups is 1. The van der Waals surface area contributed by atoms with Gasteiger partial charge in [-0.3, -0.25) is 14.3 Å². The number of furan rings is 1. The first-order valence-electron chi connectivity index (χ1n) is 6.87. The lowest BCUT2D eigenvalue weighted by molar-refractivity contribution is 0.0997. The van der Waals surface area contributed by atoms with E-state index < -0.39 is 5.91 Å². The van der Waals surface area contributed by atoms with E-state index in [0.717, 1.165) is 0 Å². The molecule has 7 nitrogen and oxygen atoms in total. The summed E-state index contributed by atoms with van der Waals surface area (Å²) in [5.74, 6) is -0.446. The van der Waals surface area contributed by atoms with Crippen molar-refractivity contribution in [3.05, 3.63) is 58.7 Å². The Hall–Kier alpha value is -3.35. The number of para-hydroxylation sites is 1. The minimum Gasteiger partial charge on any atom is -0.425 e. The van der Waals surface area contributed by atoms with Gasteiger partial charge in [0.05, 0.1) is 17.3 Å². The molecule has 0 fully saturated rings. The summed E-state index contributed by atoms with van der Waals surface area (Å²) < 4.78 is 12.5. The zero-order chi connectivity index (χ0) is 16.0. The maximum Gasteiger partial charge on any atom is 0.302 e. The van der Waals surface area contributed by atoms with Gasteiger partial charge in [0.2, 0.25) is 5.43 Å². The smallest absolute Gasteiger partial charge is 0.302 e. The zero-order valence-electron chi connectivity index (χ0n) is 12.1.